The minimum absolute atomic E-state index is 0.563. The highest BCUT2D eigenvalue weighted by atomic mass is 35.5. The molecule has 0 atom stereocenters. The van der Waals surface area contributed by atoms with Crippen molar-refractivity contribution in [3.05, 3.63) is 41.5 Å². The SMILES string of the molecule is FC(F)(F)c1cccc(C2=CCN(Cl)CC2)c1. The number of halogens is 4. The van der Waals surface area contributed by atoms with Gasteiger partial charge in [0.1, 0.15) is 0 Å². The molecule has 0 amide bonds. The van der Waals surface area contributed by atoms with E-state index in [-0.39, 0.29) is 0 Å². The summed E-state index contributed by atoms with van der Waals surface area (Å²) in [4.78, 5) is 0. The number of alkyl halides is 3. The first-order valence-corrected chi connectivity index (χ1v) is 5.58. The lowest BCUT2D eigenvalue weighted by molar-refractivity contribution is -0.137. The van der Waals surface area contributed by atoms with Crippen LogP contribution in [-0.2, 0) is 6.18 Å². The first kappa shape index (κ1) is 12.5. The Kier molecular flexibility index (Phi) is 3.45. The van der Waals surface area contributed by atoms with E-state index in [0.29, 0.717) is 25.1 Å². The third-order valence-electron chi connectivity index (χ3n) is 2.72. The van der Waals surface area contributed by atoms with Crippen LogP contribution in [0.4, 0.5) is 13.2 Å². The van der Waals surface area contributed by atoms with Crippen molar-refractivity contribution in [2.75, 3.05) is 13.1 Å². The molecule has 0 bridgehead atoms. The van der Waals surface area contributed by atoms with E-state index in [2.05, 4.69) is 0 Å². The molecule has 0 aliphatic carbocycles. The summed E-state index contributed by atoms with van der Waals surface area (Å²) in [6, 6.07) is 5.41. The summed E-state index contributed by atoms with van der Waals surface area (Å²) < 4.78 is 39.3. The van der Waals surface area contributed by atoms with Crippen LogP contribution in [0, 0.1) is 0 Å². The molecular weight excluding hydrogens is 251 g/mol. The average Bonchev–Trinajstić information content (AvgIpc) is 2.29. The smallest absolute Gasteiger partial charge is 0.216 e. The molecule has 1 heterocycles. The van der Waals surface area contributed by atoms with Gasteiger partial charge in [-0.2, -0.15) is 13.2 Å². The second-order valence-electron chi connectivity index (χ2n) is 3.93. The molecular formula is C12H11ClF3N. The van der Waals surface area contributed by atoms with Crippen LogP contribution in [0.3, 0.4) is 0 Å². The highest BCUT2D eigenvalue weighted by Gasteiger charge is 2.30. The molecule has 1 nitrogen and oxygen atoms in total. The largest absolute Gasteiger partial charge is 0.416 e. The van der Waals surface area contributed by atoms with Crippen LogP contribution in [0.2, 0.25) is 0 Å². The van der Waals surface area contributed by atoms with Gasteiger partial charge < -0.3 is 0 Å². The topological polar surface area (TPSA) is 3.24 Å². The molecule has 0 fully saturated rings. The van der Waals surface area contributed by atoms with Crippen molar-refractivity contribution in [2.24, 2.45) is 0 Å². The number of benzene rings is 1. The van der Waals surface area contributed by atoms with E-state index in [0.717, 1.165) is 11.6 Å². The molecule has 0 aromatic heterocycles. The van der Waals surface area contributed by atoms with Crippen LogP contribution in [0.1, 0.15) is 17.5 Å². The molecule has 0 unspecified atom stereocenters. The van der Waals surface area contributed by atoms with Crippen molar-refractivity contribution in [2.45, 2.75) is 12.6 Å². The maximum Gasteiger partial charge on any atom is 0.416 e. The van der Waals surface area contributed by atoms with Gasteiger partial charge in [0.25, 0.3) is 0 Å². The zero-order valence-electron chi connectivity index (χ0n) is 8.97. The Hall–Kier alpha value is -1.00. The third kappa shape index (κ3) is 3.01. The predicted molar refractivity (Wildman–Crippen MR) is 61.5 cm³/mol. The molecule has 5 heteroatoms. The van der Waals surface area contributed by atoms with Gasteiger partial charge >= 0.3 is 6.18 Å². The van der Waals surface area contributed by atoms with Gasteiger partial charge in [-0.15, -0.1) is 0 Å². The van der Waals surface area contributed by atoms with E-state index in [1.165, 1.54) is 12.1 Å². The molecule has 1 aromatic rings. The summed E-state index contributed by atoms with van der Waals surface area (Å²) in [6.45, 7) is 1.22. The lowest BCUT2D eigenvalue weighted by Gasteiger charge is -2.20. The standard InChI is InChI=1S/C12H11ClF3N/c13-17-6-4-9(5-7-17)10-2-1-3-11(8-10)12(14,15)16/h1-4,8H,5-7H2. The van der Waals surface area contributed by atoms with Gasteiger partial charge in [0.15, 0.2) is 0 Å². The van der Waals surface area contributed by atoms with Gasteiger partial charge in [0.05, 0.1) is 5.56 Å². The zero-order valence-corrected chi connectivity index (χ0v) is 9.72. The van der Waals surface area contributed by atoms with E-state index in [4.69, 9.17) is 11.8 Å². The third-order valence-corrected chi connectivity index (χ3v) is 3.03. The van der Waals surface area contributed by atoms with Gasteiger partial charge in [-0.3, -0.25) is 0 Å². The van der Waals surface area contributed by atoms with E-state index in [1.807, 2.05) is 6.08 Å². The van der Waals surface area contributed by atoms with Crippen LogP contribution < -0.4 is 0 Å². The molecule has 0 radical (unpaired) electrons. The fourth-order valence-corrected chi connectivity index (χ4v) is 1.96. The fraction of sp³-hybridized carbons (Fsp3) is 0.333. The van der Waals surface area contributed by atoms with Crippen LogP contribution in [-0.4, -0.2) is 17.5 Å². The Labute approximate surface area is 103 Å². The molecule has 1 aliphatic heterocycles. The van der Waals surface area contributed by atoms with Crippen molar-refractivity contribution >= 4 is 17.3 Å². The Morgan fingerprint density at radius 2 is 2.00 bits per heavy atom. The summed E-state index contributed by atoms with van der Waals surface area (Å²) in [5, 5.41) is 0. The molecule has 0 spiro atoms. The van der Waals surface area contributed by atoms with Crippen molar-refractivity contribution < 1.29 is 13.2 Å². The minimum Gasteiger partial charge on any atom is -0.216 e. The maximum atomic E-state index is 12.5. The minimum atomic E-state index is -4.29. The number of hydrogen-bond donors (Lipinski definition) is 0. The average molecular weight is 262 g/mol. The lowest BCUT2D eigenvalue weighted by atomic mass is 9.98. The highest BCUT2D eigenvalue weighted by Crippen LogP contribution is 2.32. The van der Waals surface area contributed by atoms with Crippen molar-refractivity contribution in [3.63, 3.8) is 0 Å². The monoisotopic (exact) mass is 261 g/mol. The first-order valence-electron chi connectivity index (χ1n) is 5.24. The zero-order chi connectivity index (χ0) is 12.5. The van der Waals surface area contributed by atoms with E-state index < -0.39 is 11.7 Å². The number of nitrogens with zero attached hydrogens (tertiary/aromatic N) is 1. The Morgan fingerprint density at radius 1 is 1.24 bits per heavy atom. The summed E-state index contributed by atoms with van der Waals surface area (Å²) in [5.74, 6) is 0. The summed E-state index contributed by atoms with van der Waals surface area (Å²) in [7, 11) is 0. The Balaban J connectivity index is 2.28. The highest BCUT2D eigenvalue weighted by molar-refractivity contribution is 6.13. The van der Waals surface area contributed by atoms with Gasteiger partial charge in [-0.05, 0) is 41.5 Å². The maximum absolute atomic E-state index is 12.5. The van der Waals surface area contributed by atoms with Crippen LogP contribution in [0.15, 0.2) is 30.3 Å². The van der Waals surface area contributed by atoms with E-state index in [9.17, 15) is 13.2 Å². The molecule has 0 saturated carbocycles. The van der Waals surface area contributed by atoms with Crippen molar-refractivity contribution in [3.8, 4) is 0 Å². The van der Waals surface area contributed by atoms with Gasteiger partial charge in [0, 0.05) is 13.1 Å². The van der Waals surface area contributed by atoms with E-state index >= 15 is 0 Å². The van der Waals surface area contributed by atoms with E-state index in [1.54, 1.807) is 10.5 Å². The molecule has 92 valence electrons. The van der Waals surface area contributed by atoms with Gasteiger partial charge in [0.2, 0.25) is 0 Å². The molecule has 0 N–H and O–H groups in total. The van der Waals surface area contributed by atoms with Crippen LogP contribution >= 0.6 is 11.8 Å². The van der Waals surface area contributed by atoms with Gasteiger partial charge in [-0.1, -0.05) is 18.2 Å². The second-order valence-corrected chi connectivity index (χ2v) is 4.40. The lowest BCUT2D eigenvalue weighted by Crippen LogP contribution is -2.18. The Morgan fingerprint density at radius 3 is 2.59 bits per heavy atom. The molecule has 2 rings (SSSR count). The quantitative estimate of drug-likeness (QED) is 0.692. The normalized spacial score (nSPS) is 18.0. The molecule has 1 aromatic carbocycles. The summed E-state index contributed by atoms with van der Waals surface area (Å²) in [6.07, 6.45) is -1.75. The van der Waals surface area contributed by atoms with Crippen LogP contribution in [0.5, 0.6) is 0 Å². The fourth-order valence-electron chi connectivity index (χ4n) is 1.80. The number of hydrogen-bond acceptors (Lipinski definition) is 1. The van der Waals surface area contributed by atoms with Crippen molar-refractivity contribution in [1.82, 2.24) is 4.42 Å². The molecule has 0 saturated heterocycles. The van der Waals surface area contributed by atoms with Crippen LogP contribution in [0.25, 0.3) is 5.57 Å². The van der Waals surface area contributed by atoms with Crippen molar-refractivity contribution in [1.29, 1.82) is 0 Å². The van der Waals surface area contributed by atoms with Gasteiger partial charge in [-0.25, -0.2) is 4.42 Å². The molecule has 1 aliphatic rings. The number of rotatable bonds is 1. The second kappa shape index (κ2) is 4.70. The predicted octanol–water partition coefficient (Wildman–Crippen LogP) is 3.95. The summed E-state index contributed by atoms with van der Waals surface area (Å²) >= 11 is 5.78. The molecule has 17 heavy (non-hydrogen) atoms. The first-order chi connectivity index (χ1) is 7.97. The summed E-state index contributed by atoms with van der Waals surface area (Å²) in [5.41, 5.74) is 0.946. The Bertz CT molecular complexity index is 440.